The second kappa shape index (κ2) is 8.73. The van der Waals surface area contributed by atoms with E-state index in [0.717, 1.165) is 66.9 Å². The summed E-state index contributed by atoms with van der Waals surface area (Å²) in [6.07, 6.45) is 4.77. The number of aryl methyl sites for hydroxylation is 3. The maximum absolute atomic E-state index is 4.85. The number of anilines is 2. The molecule has 3 aromatic heterocycles. The topological polar surface area (TPSA) is 70.9 Å². The Morgan fingerprint density at radius 1 is 1.03 bits per heavy atom. The molecule has 1 aliphatic rings. The van der Waals surface area contributed by atoms with Gasteiger partial charge >= 0.3 is 0 Å². The minimum atomic E-state index is 0.432. The molecule has 0 atom stereocenters. The van der Waals surface area contributed by atoms with Crippen LogP contribution in [-0.4, -0.2) is 51.1 Å². The van der Waals surface area contributed by atoms with E-state index < -0.39 is 0 Å². The lowest BCUT2D eigenvalue weighted by Crippen LogP contribution is -2.44. The Kier molecular flexibility index (Phi) is 5.88. The number of hydrogen-bond donors (Lipinski definition) is 0. The van der Waals surface area contributed by atoms with Crippen LogP contribution in [0.4, 0.5) is 11.6 Å². The average Bonchev–Trinajstić information content (AvgIpc) is 2.78. The third-order valence-electron chi connectivity index (χ3n) is 5.67. The van der Waals surface area contributed by atoms with Gasteiger partial charge in [-0.15, -0.1) is 0 Å². The van der Waals surface area contributed by atoms with Gasteiger partial charge in [0.1, 0.15) is 23.2 Å². The highest BCUT2D eigenvalue weighted by molar-refractivity contribution is 5.54. The van der Waals surface area contributed by atoms with Crippen LogP contribution in [0.2, 0.25) is 0 Å². The third kappa shape index (κ3) is 4.40. The summed E-state index contributed by atoms with van der Waals surface area (Å²) < 4.78 is 0. The van der Waals surface area contributed by atoms with E-state index in [9.17, 15) is 0 Å². The van der Waals surface area contributed by atoms with E-state index in [4.69, 9.17) is 9.97 Å². The second-order valence-electron chi connectivity index (χ2n) is 7.85. The number of aromatic nitrogens is 5. The van der Waals surface area contributed by atoms with Crippen LogP contribution in [0, 0.1) is 13.8 Å². The fourth-order valence-corrected chi connectivity index (χ4v) is 3.98. The Hall–Kier alpha value is -3.09. The van der Waals surface area contributed by atoms with Gasteiger partial charge in [-0.25, -0.2) is 19.9 Å². The van der Waals surface area contributed by atoms with Gasteiger partial charge in [0.05, 0.1) is 0 Å². The van der Waals surface area contributed by atoms with E-state index in [2.05, 4.69) is 50.9 Å². The molecule has 0 amide bonds. The molecule has 156 valence electrons. The summed E-state index contributed by atoms with van der Waals surface area (Å²) >= 11 is 0. The van der Waals surface area contributed by atoms with Crippen molar-refractivity contribution in [1.82, 2.24) is 24.9 Å². The summed E-state index contributed by atoms with van der Waals surface area (Å²) in [6.45, 7) is 8.06. The first-order chi connectivity index (χ1) is 14.5. The van der Waals surface area contributed by atoms with Gasteiger partial charge in [0.15, 0.2) is 5.82 Å². The van der Waals surface area contributed by atoms with Crippen LogP contribution in [0.25, 0.3) is 11.5 Å². The zero-order chi connectivity index (χ0) is 21.1. The van der Waals surface area contributed by atoms with Crippen LogP contribution in [-0.2, 0) is 6.42 Å². The quantitative estimate of drug-likeness (QED) is 0.644. The molecule has 3 aromatic rings. The number of piperidine rings is 1. The van der Waals surface area contributed by atoms with E-state index >= 15 is 0 Å². The van der Waals surface area contributed by atoms with Gasteiger partial charge in [0.2, 0.25) is 0 Å². The van der Waals surface area contributed by atoms with Crippen LogP contribution < -0.4 is 9.80 Å². The third-order valence-corrected chi connectivity index (χ3v) is 5.67. The molecule has 0 unspecified atom stereocenters. The van der Waals surface area contributed by atoms with E-state index in [1.54, 1.807) is 6.20 Å². The van der Waals surface area contributed by atoms with Crippen LogP contribution in [0.15, 0.2) is 36.5 Å². The van der Waals surface area contributed by atoms with Gasteiger partial charge in [0.25, 0.3) is 0 Å². The zero-order valence-electron chi connectivity index (χ0n) is 18.2. The van der Waals surface area contributed by atoms with E-state index in [-0.39, 0.29) is 0 Å². The van der Waals surface area contributed by atoms with Gasteiger partial charge in [-0.05, 0) is 45.2 Å². The Balaban J connectivity index is 1.50. The minimum Gasteiger partial charge on any atom is -0.356 e. The molecule has 30 heavy (non-hydrogen) atoms. The van der Waals surface area contributed by atoms with Crippen molar-refractivity contribution in [1.29, 1.82) is 0 Å². The van der Waals surface area contributed by atoms with Crippen LogP contribution >= 0.6 is 0 Å². The van der Waals surface area contributed by atoms with Crippen molar-refractivity contribution in [3.63, 3.8) is 0 Å². The Labute approximate surface area is 178 Å². The molecule has 0 aliphatic carbocycles. The predicted molar refractivity (Wildman–Crippen MR) is 120 cm³/mol. The van der Waals surface area contributed by atoms with E-state index in [1.807, 2.05) is 32.0 Å². The molecule has 4 heterocycles. The van der Waals surface area contributed by atoms with Gasteiger partial charge in [-0.3, -0.25) is 4.98 Å². The highest BCUT2D eigenvalue weighted by atomic mass is 15.3. The first-order valence-electron chi connectivity index (χ1n) is 10.6. The highest BCUT2D eigenvalue weighted by Gasteiger charge is 2.25. The lowest BCUT2D eigenvalue weighted by atomic mass is 10.0. The number of nitrogens with zero attached hydrogens (tertiary/aromatic N) is 7. The van der Waals surface area contributed by atoms with Crippen molar-refractivity contribution in [3.05, 3.63) is 53.7 Å². The number of hydrogen-bond acceptors (Lipinski definition) is 7. The summed E-state index contributed by atoms with van der Waals surface area (Å²) in [5.41, 5.74) is 2.87. The smallest absolute Gasteiger partial charge is 0.180 e. The maximum Gasteiger partial charge on any atom is 0.180 e. The molecule has 7 heteroatoms. The first kappa shape index (κ1) is 20.2. The van der Waals surface area contributed by atoms with Gasteiger partial charge in [0, 0.05) is 55.9 Å². The standard InChI is InChI=1S/C23H29N7/c1-5-18-15-21(28-23(27-18)20-8-6-7-11-24-20)29(4)19-9-12-30(13-10-19)22-14-16(2)25-17(3)26-22/h6-8,11,14-15,19H,5,9-10,12-13H2,1-4H3. The summed E-state index contributed by atoms with van der Waals surface area (Å²) in [6, 6.07) is 10.5. The Morgan fingerprint density at radius 3 is 2.50 bits per heavy atom. The van der Waals surface area contributed by atoms with Crippen molar-refractivity contribution in [3.8, 4) is 11.5 Å². The molecule has 4 rings (SSSR count). The van der Waals surface area contributed by atoms with E-state index in [0.29, 0.717) is 11.9 Å². The second-order valence-corrected chi connectivity index (χ2v) is 7.85. The lowest BCUT2D eigenvalue weighted by Gasteiger charge is -2.38. The van der Waals surface area contributed by atoms with Gasteiger partial charge in [-0.2, -0.15) is 0 Å². The van der Waals surface area contributed by atoms with Crippen LogP contribution in [0.3, 0.4) is 0 Å². The maximum atomic E-state index is 4.85. The monoisotopic (exact) mass is 403 g/mol. The summed E-state index contributed by atoms with van der Waals surface area (Å²) in [7, 11) is 2.14. The first-order valence-corrected chi connectivity index (χ1v) is 10.6. The molecule has 0 aromatic carbocycles. The van der Waals surface area contributed by atoms with Crippen molar-refractivity contribution in [2.45, 2.75) is 46.1 Å². The SMILES string of the molecule is CCc1cc(N(C)C2CCN(c3cc(C)nc(C)n3)CC2)nc(-c2ccccn2)n1. The summed E-state index contributed by atoms with van der Waals surface area (Å²) in [4.78, 5) is 27.7. The molecule has 1 fully saturated rings. The van der Waals surface area contributed by atoms with Crippen LogP contribution in [0.1, 0.15) is 37.0 Å². The molecule has 0 saturated carbocycles. The molecular weight excluding hydrogens is 374 g/mol. The predicted octanol–water partition coefficient (Wildman–Crippen LogP) is 3.61. The van der Waals surface area contributed by atoms with Crippen molar-refractivity contribution >= 4 is 11.6 Å². The number of pyridine rings is 1. The Bertz CT molecular complexity index is 977. The molecule has 0 spiro atoms. The van der Waals surface area contributed by atoms with Gasteiger partial charge < -0.3 is 9.80 Å². The lowest BCUT2D eigenvalue weighted by molar-refractivity contribution is 0.477. The Morgan fingerprint density at radius 2 is 1.83 bits per heavy atom. The molecule has 0 N–H and O–H groups in total. The van der Waals surface area contributed by atoms with Gasteiger partial charge in [-0.1, -0.05) is 13.0 Å². The fourth-order valence-electron chi connectivity index (χ4n) is 3.98. The van der Waals surface area contributed by atoms with Crippen LogP contribution in [0.5, 0.6) is 0 Å². The summed E-state index contributed by atoms with van der Waals surface area (Å²) in [5, 5.41) is 0. The minimum absolute atomic E-state index is 0.432. The van der Waals surface area contributed by atoms with Crippen molar-refractivity contribution < 1.29 is 0 Å². The molecule has 0 bridgehead atoms. The van der Waals surface area contributed by atoms with Crippen molar-refractivity contribution in [2.24, 2.45) is 0 Å². The van der Waals surface area contributed by atoms with E-state index in [1.165, 1.54) is 0 Å². The van der Waals surface area contributed by atoms with Crippen molar-refractivity contribution in [2.75, 3.05) is 29.9 Å². The normalized spacial score (nSPS) is 14.7. The zero-order valence-corrected chi connectivity index (χ0v) is 18.2. The fraction of sp³-hybridized carbons (Fsp3) is 0.435. The number of rotatable bonds is 5. The average molecular weight is 404 g/mol. The highest BCUT2D eigenvalue weighted by Crippen LogP contribution is 2.26. The summed E-state index contributed by atoms with van der Waals surface area (Å²) in [5.74, 6) is 3.53. The molecular formula is C23H29N7. The molecule has 1 saturated heterocycles. The molecule has 1 aliphatic heterocycles. The molecule has 7 nitrogen and oxygen atoms in total. The largest absolute Gasteiger partial charge is 0.356 e. The molecule has 0 radical (unpaired) electrons.